The van der Waals surface area contributed by atoms with E-state index in [0.29, 0.717) is 24.5 Å². The van der Waals surface area contributed by atoms with Crippen LogP contribution < -0.4 is 5.73 Å². The summed E-state index contributed by atoms with van der Waals surface area (Å²) >= 11 is 0. The summed E-state index contributed by atoms with van der Waals surface area (Å²) in [6.07, 6.45) is 8.70. The Morgan fingerprint density at radius 2 is 1.89 bits per heavy atom. The van der Waals surface area contributed by atoms with Gasteiger partial charge in [0.25, 0.3) is 0 Å². The fraction of sp³-hybridized carbons (Fsp3) is 0.933. The quantitative estimate of drug-likeness (QED) is 0.847. The van der Waals surface area contributed by atoms with Crippen molar-refractivity contribution in [3.05, 3.63) is 0 Å². The van der Waals surface area contributed by atoms with Gasteiger partial charge in [-0.05, 0) is 44.4 Å². The number of carbonyl (C=O) groups is 1. The summed E-state index contributed by atoms with van der Waals surface area (Å²) in [5.41, 5.74) is 6.05. The molecule has 0 saturated heterocycles. The van der Waals surface area contributed by atoms with Crippen molar-refractivity contribution in [3.63, 3.8) is 0 Å². The number of ether oxygens (including phenoxy) is 1. The highest BCUT2D eigenvalue weighted by Gasteiger charge is 2.30. The number of nitrogens with two attached hydrogens (primary N) is 1. The van der Waals surface area contributed by atoms with Gasteiger partial charge in [0.15, 0.2) is 0 Å². The van der Waals surface area contributed by atoms with Gasteiger partial charge >= 0.3 is 0 Å². The van der Waals surface area contributed by atoms with Gasteiger partial charge in [0, 0.05) is 32.7 Å². The summed E-state index contributed by atoms with van der Waals surface area (Å²) in [5.74, 6) is 0.688. The molecule has 110 valence electrons. The van der Waals surface area contributed by atoms with Crippen molar-refractivity contribution in [3.8, 4) is 0 Å². The molecule has 0 heterocycles. The van der Waals surface area contributed by atoms with Gasteiger partial charge in [0.2, 0.25) is 5.91 Å². The van der Waals surface area contributed by atoms with Crippen molar-refractivity contribution in [2.24, 2.45) is 11.7 Å². The molecule has 0 aromatic carbocycles. The van der Waals surface area contributed by atoms with E-state index >= 15 is 0 Å². The van der Waals surface area contributed by atoms with Crippen LogP contribution in [0.2, 0.25) is 0 Å². The maximum Gasteiger partial charge on any atom is 0.222 e. The molecule has 2 N–H and O–H groups in total. The highest BCUT2D eigenvalue weighted by molar-refractivity contribution is 5.76. The lowest BCUT2D eigenvalue weighted by atomic mass is 9.91. The molecule has 0 aliphatic heterocycles. The summed E-state index contributed by atoms with van der Waals surface area (Å²) in [4.78, 5) is 14.3. The lowest BCUT2D eigenvalue weighted by Crippen LogP contribution is -2.42. The Morgan fingerprint density at radius 1 is 1.21 bits per heavy atom. The molecule has 2 fully saturated rings. The Bertz CT molecular complexity index is 301. The normalized spacial score (nSPS) is 35.3. The van der Waals surface area contributed by atoms with Crippen LogP contribution in [0.15, 0.2) is 0 Å². The van der Waals surface area contributed by atoms with Crippen LogP contribution in [0.4, 0.5) is 0 Å². The molecular formula is C15H28N2O2. The minimum Gasteiger partial charge on any atom is -0.381 e. The molecular weight excluding hydrogens is 240 g/mol. The van der Waals surface area contributed by atoms with Gasteiger partial charge in [0.1, 0.15) is 0 Å². The predicted octanol–water partition coefficient (Wildman–Crippen LogP) is 1.92. The molecule has 0 radical (unpaired) electrons. The fourth-order valence-electron chi connectivity index (χ4n) is 3.56. The van der Waals surface area contributed by atoms with E-state index in [-0.39, 0.29) is 11.9 Å². The van der Waals surface area contributed by atoms with E-state index in [2.05, 4.69) is 0 Å². The van der Waals surface area contributed by atoms with E-state index in [9.17, 15) is 4.79 Å². The van der Waals surface area contributed by atoms with Crippen molar-refractivity contribution in [1.82, 2.24) is 4.90 Å². The Balaban J connectivity index is 1.79. The topological polar surface area (TPSA) is 55.6 Å². The van der Waals surface area contributed by atoms with Gasteiger partial charge in [0.05, 0.1) is 6.10 Å². The third kappa shape index (κ3) is 3.69. The van der Waals surface area contributed by atoms with Crippen molar-refractivity contribution in [2.75, 3.05) is 14.2 Å². The molecule has 1 amide bonds. The first-order valence-corrected chi connectivity index (χ1v) is 7.66. The Morgan fingerprint density at radius 3 is 2.42 bits per heavy atom. The largest absolute Gasteiger partial charge is 0.381 e. The van der Waals surface area contributed by atoms with Gasteiger partial charge in [-0.3, -0.25) is 4.79 Å². The molecule has 2 aliphatic rings. The molecule has 2 saturated carbocycles. The molecule has 0 bridgehead atoms. The zero-order chi connectivity index (χ0) is 13.8. The summed E-state index contributed by atoms with van der Waals surface area (Å²) in [6, 6.07) is 0.637. The minimum absolute atomic E-state index is 0.238. The second-order valence-corrected chi connectivity index (χ2v) is 6.23. The maximum absolute atomic E-state index is 12.3. The smallest absolute Gasteiger partial charge is 0.222 e. The van der Waals surface area contributed by atoms with Crippen molar-refractivity contribution in [2.45, 2.75) is 69.6 Å². The third-order valence-corrected chi connectivity index (χ3v) is 5.07. The van der Waals surface area contributed by atoms with E-state index < -0.39 is 0 Å². The number of amides is 1. The number of hydrogen-bond donors (Lipinski definition) is 1. The average molecular weight is 268 g/mol. The zero-order valence-electron chi connectivity index (χ0n) is 12.3. The Hall–Kier alpha value is -0.610. The van der Waals surface area contributed by atoms with Gasteiger partial charge in [-0.15, -0.1) is 0 Å². The summed E-state index contributed by atoms with van der Waals surface area (Å²) in [6.45, 7) is 0. The Labute approximate surface area is 116 Å². The minimum atomic E-state index is 0.238. The second-order valence-electron chi connectivity index (χ2n) is 6.23. The third-order valence-electron chi connectivity index (χ3n) is 5.07. The molecule has 0 spiro atoms. The van der Waals surface area contributed by atoms with Gasteiger partial charge in [-0.1, -0.05) is 6.42 Å². The summed E-state index contributed by atoms with van der Waals surface area (Å²) < 4.78 is 5.38. The predicted molar refractivity (Wildman–Crippen MR) is 75.8 cm³/mol. The van der Waals surface area contributed by atoms with E-state index in [1.807, 2.05) is 11.9 Å². The van der Waals surface area contributed by atoms with Crippen LogP contribution in [0, 0.1) is 5.92 Å². The zero-order valence-corrected chi connectivity index (χ0v) is 12.3. The number of carbonyl (C=O) groups excluding carboxylic acids is 1. The maximum atomic E-state index is 12.3. The van der Waals surface area contributed by atoms with Crippen LogP contribution in [0.3, 0.4) is 0 Å². The van der Waals surface area contributed by atoms with Crippen LogP contribution in [0.5, 0.6) is 0 Å². The number of nitrogens with zero attached hydrogens (tertiary/aromatic N) is 1. The molecule has 0 aromatic rings. The van der Waals surface area contributed by atoms with Gasteiger partial charge in [-0.25, -0.2) is 0 Å². The number of hydrogen-bond acceptors (Lipinski definition) is 3. The monoisotopic (exact) mass is 268 g/mol. The standard InChI is InChI=1S/C15H28N2O2/c1-17(12-6-8-13(19-2)9-7-12)15(18)10-11-4-3-5-14(11)16/h11-14H,3-10,16H2,1-2H3/t11-,12?,13?,14+/m0/s1. The van der Waals surface area contributed by atoms with E-state index in [0.717, 1.165) is 38.5 Å². The van der Waals surface area contributed by atoms with Crippen LogP contribution in [-0.4, -0.2) is 43.2 Å². The van der Waals surface area contributed by atoms with E-state index in [1.165, 1.54) is 6.42 Å². The molecule has 0 unspecified atom stereocenters. The van der Waals surface area contributed by atoms with Crippen molar-refractivity contribution < 1.29 is 9.53 Å². The molecule has 0 aromatic heterocycles. The molecule has 4 heteroatoms. The van der Waals surface area contributed by atoms with Crippen LogP contribution >= 0.6 is 0 Å². The molecule has 2 rings (SSSR count). The lowest BCUT2D eigenvalue weighted by Gasteiger charge is -2.35. The van der Waals surface area contributed by atoms with E-state index in [1.54, 1.807) is 7.11 Å². The molecule has 4 nitrogen and oxygen atoms in total. The average Bonchev–Trinajstić information content (AvgIpc) is 2.83. The number of rotatable bonds is 4. The fourth-order valence-corrected chi connectivity index (χ4v) is 3.56. The molecule has 19 heavy (non-hydrogen) atoms. The highest BCUT2D eigenvalue weighted by atomic mass is 16.5. The first kappa shape index (κ1) is 14.8. The van der Waals surface area contributed by atoms with Crippen LogP contribution in [-0.2, 0) is 9.53 Å². The van der Waals surface area contributed by atoms with Crippen LogP contribution in [0.25, 0.3) is 0 Å². The summed E-state index contributed by atoms with van der Waals surface area (Å²) in [7, 11) is 3.74. The SMILES string of the molecule is COC1CCC(N(C)C(=O)C[C@@H]2CCC[C@H]2N)CC1. The van der Waals surface area contributed by atoms with E-state index in [4.69, 9.17) is 10.5 Å². The second kappa shape index (κ2) is 6.71. The van der Waals surface area contributed by atoms with Crippen molar-refractivity contribution >= 4 is 5.91 Å². The highest BCUT2D eigenvalue weighted by Crippen LogP contribution is 2.29. The molecule has 2 atom stereocenters. The van der Waals surface area contributed by atoms with Crippen molar-refractivity contribution in [1.29, 1.82) is 0 Å². The van der Waals surface area contributed by atoms with Crippen LogP contribution in [0.1, 0.15) is 51.4 Å². The Kier molecular flexibility index (Phi) is 5.22. The summed E-state index contributed by atoms with van der Waals surface area (Å²) in [5, 5.41) is 0. The lowest BCUT2D eigenvalue weighted by molar-refractivity contribution is -0.134. The first-order valence-electron chi connectivity index (χ1n) is 7.66. The molecule has 2 aliphatic carbocycles. The number of methoxy groups -OCH3 is 1. The van der Waals surface area contributed by atoms with Gasteiger partial charge < -0.3 is 15.4 Å². The first-order chi connectivity index (χ1) is 9.11. The van der Waals surface area contributed by atoms with Gasteiger partial charge in [-0.2, -0.15) is 0 Å².